The van der Waals surface area contributed by atoms with Gasteiger partial charge in [-0.2, -0.15) is 0 Å². The van der Waals surface area contributed by atoms with Crippen molar-refractivity contribution in [2.75, 3.05) is 14.2 Å². The molecule has 1 fully saturated rings. The third-order valence-electron chi connectivity index (χ3n) is 1.34. The van der Waals surface area contributed by atoms with Crippen LogP contribution in [-0.2, 0) is 18.9 Å². The monoisotopic (exact) mass is 148 g/mol. The van der Waals surface area contributed by atoms with Crippen LogP contribution in [0, 0.1) is 0 Å². The minimum absolute atomic E-state index is 0.241. The lowest BCUT2D eigenvalue weighted by atomic mass is 10.6. The van der Waals surface area contributed by atoms with Gasteiger partial charge in [0, 0.05) is 14.2 Å². The number of hydrogen-bond donors (Lipinski definition) is 0. The van der Waals surface area contributed by atoms with E-state index in [1.807, 2.05) is 0 Å². The molecule has 2 atom stereocenters. The van der Waals surface area contributed by atoms with E-state index in [0.717, 1.165) is 0 Å². The molecular weight excluding hydrogens is 136 g/mol. The Hall–Kier alpha value is -0.160. The molecule has 1 rings (SSSR count). The van der Waals surface area contributed by atoms with Crippen molar-refractivity contribution < 1.29 is 18.9 Å². The van der Waals surface area contributed by atoms with Crippen LogP contribution in [0.2, 0.25) is 0 Å². The summed E-state index contributed by atoms with van der Waals surface area (Å²) in [6.07, 6.45) is -1.02. The molecule has 0 aromatic rings. The maximum absolute atomic E-state index is 5.14. The van der Waals surface area contributed by atoms with Crippen LogP contribution in [0.3, 0.4) is 0 Å². The van der Waals surface area contributed by atoms with Gasteiger partial charge in [0.25, 0.3) is 0 Å². The maximum atomic E-state index is 5.14. The van der Waals surface area contributed by atoms with Gasteiger partial charge < -0.3 is 18.9 Å². The van der Waals surface area contributed by atoms with E-state index in [1.54, 1.807) is 21.1 Å². The van der Waals surface area contributed by atoms with Gasteiger partial charge in [0.15, 0.2) is 6.29 Å². The molecule has 2 unspecified atom stereocenters. The largest absolute Gasteiger partial charge is 0.351 e. The van der Waals surface area contributed by atoms with Gasteiger partial charge in [0.2, 0.25) is 12.6 Å². The fourth-order valence-electron chi connectivity index (χ4n) is 0.871. The summed E-state index contributed by atoms with van der Waals surface area (Å²) >= 11 is 0. The van der Waals surface area contributed by atoms with Crippen LogP contribution in [-0.4, -0.2) is 33.1 Å². The second-order valence-electron chi connectivity index (χ2n) is 2.05. The second-order valence-corrected chi connectivity index (χ2v) is 2.05. The molecule has 4 heteroatoms. The van der Waals surface area contributed by atoms with Crippen molar-refractivity contribution in [3.05, 3.63) is 0 Å². The first kappa shape index (κ1) is 7.94. The van der Waals surface area contributed by atoms with Crippen molar-refractivity contribution in [3.63, 3.8) is 0 Å². The highest BCUT2D eigenvalue weighted by Gasteiger charge is 2.33. The fourth-order valence-corrected chi connectivity index (χ4v) is 0.871. The molecule has 4 nitrogen and oxygen atoms in total. The number of hydrogen-bond acceptors (Lipinski definition) is 4. The lowest BCUT2D eigenvalue weighted by molar-refractivity contribution is -0.166. The lowest BCUT2D eigenvalue weighted by Crippen LogP contribution is -2.25. The summed E-state index contributed by atoms with van der Waals surface area (Å²) in [6.45, 7) is 1.80. The van der Waals surface area contributed by atoms with Crippen molar-refractivity contribution in [1.82, 2.24) is 0 Å². The molecule has 0 aromatic carbocycles. The van der Waals surface area contributed by atoms with Gasteiger partial charge in [0.1, 0.15) is 0 Å². The zero-order chi connectivity index (χ0) is 7.56. The van der Waals surface area contributed by atoms with Crippen LogP contribution in [0.25, 0.3) is 0 Å². The van der Waals surface area contributed by atoms with E-state index in [2.05, 4.69) is 0 Å². The first-order chi connectivity index (χ1) is 4.77. The van der Waals surface area contributed by atoms with E-state index in [0.29, 0.717) is 0 Å². The Morgan fingerprint density at radius 3 is 1.70 bits per heavy atom. The molecule has 0 spiro atoms. The molecule has 0 radical (unpaired) electrons. The van der Waals surface area contributed by atoms with Gasteiger partial charge in [-0.25, -0.2) is 0 Å². The van der Waals surface area contributed by atoms with Crippen molar-refractivity contribution >= 4 is 0 Å². The van der Waals surface area contributed by atoms with Crippen molar-refractivity contribution in [3.8, 4) is 0 Å². The molecular formula is C6H12O4. The van der Waals surface area contributed by atoms with E-state index >= 15 is 0 Å². The fraction of sp³-hybridized carbons (Fsp3) is 1.00. The predicted molar refractivity (Wildman–Crippen MR) is 33.2 cm³/mol. The van der Waals surface area contributed by atoms with E-state index in [9.17, 15) is 0 Å². The minimum atomic E-state index is -0.389. The van der Waals surface area contributed by atoms with Gasteiger partial charge in [-0.1, -0.05) is 0 Å². The van der Waals surface area contributed by atoms with Crippen molar-refractivity contribution in [2.24, 2.45) is 0 Å². The second kappa shape index (κ2) is 3.30. The standard InChI is InChI=1S/C6H12O4/c1-4-9-5(7-2)6(8-3)10-4/h4-6H,1-3H3. The van der Waals surface area contributed by atoms with Crippen molar-refractivity contribution in [2.45, 2.75) is 25.8 Å². The maximum Gasteiger partial charge on any atom is 0.211 e. The van der Waals surface area contributed by atoms with Crippen LogP contribution in [0.4, 0.5) is 0 Å². The summed E-state index contributed by atoms with van der Waals surface area (Å²) in [5.41, 5.74) is 0. The Morgan fingerprint density at radius 1 is 1.00 bits per heavy atom. The Morgan fingerprint density at radius 2 is 1.40 bits per heavy atom. The summed E-state index contributed by atoms with van der Waals surface area (Å²) < 4.78 is 20.1. The Kier molecular flexibility index (Phi) is 2.62. The molecule has 0 aromatic heterocycles. The quantitative estimate of drug-likeness (QED) is 0.565. The molecule has 1 heterocycles. The van der Waals surface area contributed by atoms with Crippen LogP contribution >= 0.6 is 0 Å². The molecule has 0 amide bonds. The van der Waals surface area contributed by atoms with Crippen LogP contribution in [0.1, 0.15) is 6.92 Å². The molecule has 60 valence electrons. The van der Waals surface area contributed by atoms with Gasteiger partial charge >= 0.3 is 0 Å². The van der Waals surface area contributed by atoms with E-state index in [-0.39, 0.29) is 18.9 Å². The highest BCUT2D eigenvalue weighted by molar-refractivity contribution is 4.57. The van der Waals surface area contributed by atoms with Gasteiger partial charge in [-0.05, 0) is 6.92 Å². The van der Waals surface area contributed by atoms with Crippen LogP contribution < -0.4 is 0 Å². The van der Waals surface area contributed by atoms with Crippen LogP contribution in [0.5, 0.6) is 0 Å². The summed E-state index contributed by atoms with van der Waals surface area (Å²) in [7, 11) is 3.11. The van der Waals surface area contributed by atoms with Gasteiger partial charge in [-0.3, -0.25) is 0 Å². The molecule has 10 heavy (non-hydrogen) atoms. The zero-order valence-electron chi connectivity index (χ0n) is 6.37. The molecule has 0 saturated carbocycles. The minimum Gasteiger partial charge on any atom is -0.351 e. The Bertz CT molecular complexity index is 93.9. The molecule has 0 bridgehead atoms. The molecule has 0 N–H and O–H groups in total. The summed E-state index contributed by atoms with van der Waals surface area (Å²) in [4.78, 5) is 0. The lowest BCUT2D eigenvalue weighted by Gasteiger charge is -2.11. The third kappa shape index (κ3) is 1.46. The highest BCUT2D eigenvalue weighted by Crippen LogP contribution is 2.19. The first-order valence-corrected chi connectivity index (χ1v) is 3.14. The molecule has 1 saturated heterocycles. The smallest absolute Gasteiger partial charge is 0.211 e. The Balaban J connectivity index is 2.41. The van der Waals surface area contributed by atoms with Crippen LogP contribution in [0.15, 0.2) is 0 Å². The topological polar surface area (TPSA) is 36.9 Å². The zero-order valence-corrected chi connectivity index (χ0v) is 6.37. The predicted octanol–water partition coefficient (Wildman–Crippen LogP) is 0.324. The molecule has 1 aliphatic rings. The van der Waals surface area contributed by atoms with E-state index in [1.165, 1.54) is 0 Å². The van der Waals surface area contributed by atoms with Crippen molar-refractivity contribution in [1.29, 1.82) is 0 Å². The number of rotatable bonds is 2. The highest BCUT2D eigenvalue weighted by atomic mass is 16.9. The average molecular weight is 148 g/mol. The summed E-state index contributed by atoms with van der Waals surface area (Å²) in [5, 5.41) is 0. The SMILES string of the molecule is COC1OC(C)OC1OC. The third-order valence-corrected chi connectivity index (χ3v) is 1.34. The van der Waals surface area contributed by atoms with E-state index in [4.69, 9.17) is 18.9 Å². The molecule has 0 aliphatic carbocycles. The van der Waals surface area contributed by atoms with E-state index < -0.39 is 0 Å². The first-order valence-electron chi connectivity index (χ1n) is 3.14. The number of methoxy groups -OCH3 is 2. The normalized spacial score (nSPS) is 40.5. The Labute approximate surface area is 60.0 Å². The average Bonchev–Trinajstić information content (AvgIpc) is 2.30. The summed E-state index contributed by atoms with van der Waals surface area (Å²) in [5.74, 6) is 0. The summed E-state index contributed by atoms with van der Waals surface area (Å²) in [6, 6.07) is 0. The number of ether oxygens (including phenoxy) is 4. The van der Waals surface area contributed by atoms with Gasteiger partial charge in [-0.15, -0.1) is 0 Å². The molecule has 1 aliphatic heterocycles. The van der Waals surface area contributed by atoms with Gasteiger partial charge in [0.05, 0.1) is 0 Å².